The van der Waals surface area contributed by atoms with Crippen LogP contribution in [0.3, 0.4) is 0 Å². The number of ether oxygens (including phenoxy) is 2. The monoisotopic (exact) mass is 410 g/mol. The van der Waals surface area contributed by atoms with E-state index in [9.17, 15) is 9.00 Å². The molecule has 0 spiro atoms. The number of nitrogens with zero attached hydrogens (tertiary/aromatic N) is 1. The van der Waals surface area contributed by atoms with E-state index in [0.717, 1.165) is 11.3 Å². The second-order valence-corrected chi connectivity index (χ2v) is 11.2. The first kappa shape index (κ1) is 22.7. The SMILES string of the molecule is COc1ccc(C2(NS(=O)C(C)(C)C)CCN(C(=O)OC(C)(C)C)CC2)cc1. The maximum Gasteiger partial charge on any atom is 0.410 e. The molecule has 0 aliphatic carbocycles. The van der Waals surface area contributed by atoms with Crippen LogP contribution in [-0.2, 0) is 21.3 Å². The normalized spacial score (nSPS) is 18.5. The largest absolute Gasteiger partial charge is 0.497 e. The number of carbonyl (C=O) groups is 1. The molecular weight excluding hydrogens is 376 g/mol. The fourth-order valence-corrected chi connectivity index (χ4v) is 4.07. The van der Waals surface area contributed by atoms with E-state index in [-0.39, 0.29) is 10.8 Å². The van der Waals surface area contributed by atoms with E-state index >= 15 is 0 Å². The van der Waals surface area contributed by atoms with Gasteiger partial charge < -0.3 is 14.4 Å². The first-order valence-electron chi connectivity index (χ1n) is 9.68. The van der Waals surface area contributed by atoms with Gasteiger partial charge in [-0.3, -0.25) is 0 Å². The van der Waals surface area contributed by atoms with E-state index in [1.807, 2.05) is 65.8 Å². The summed E-state index contributed by atoms with van der Waals surface area (Å²) < 4.78 is 26.7. The number of benzene rings is 1. The molecule has 6 nitrogen and oxygen atoms in total. The molecule has 1 aliphatic rings. The maximum atomic E-state index is 12.9. The molecule has 0 bridgehead atoms. The maximum absolute atomic E-state index is 12.9. The lowest BCUT2D eigenvalue weighted by atomic mass is 9.82. The zero-order valence-corrected chi connectivity index (χ0v) is 18.9. The molecule has 1 atom stereocenters. The van der Waals surface area contributed by atoms with Gasteiger partial charge in [0, 0.05) is 13.1 Å². The van der Waals surface area contributed by atoms with Crippen molar-refractivity contribution in [3.05, 3.63) is 29.8 Å². The second kappa shape index (κ2) is 8.41. The number of rotatable bonds is 4. The number of methoxy groups -OCH3 is 1. The number of piperidine rings is 1. The highest BCUT2D eigenvalue weighted by Crippen LogP contribution is 2.35. The number of carbonyl (C=O) groups excluding carboxylic acids is 1. The van der Waals surface area contributed by atoms with Crippen LogP contribution in [0.5, 0.6) is 5.75 Å². The summed E-state index contributed by atoms with van der Waals surface area (Å²) in [5, 5.41) is 0. The van der Waals surface area contributed by atoms with E-state index < -0.39 is 22.1 Å². The first-order valence-corrected chi connectivity index (χ1v) is 10.8. The molecule has 1 unspecified atom stereocenters. The van der Waals surface area contributed by atoms with Crippen LogP contribution < -0.4 is 9.46 Å². The molecule has 0 aromatic heterocycles. The minimum atomic E-state index is -1.24. The molecule has 1 aliphatic heterocycles. The van der Waals surface area contributed by atoms with Crippen molar-refractivity contribution >= 4 is 17.1 Å². The lowest BCUT2D eigenvalue weighted by Crippen LogP contribution is -2.55. The smallest absolute Gasteiger partial charge is 0.410 e. The van der Waals surface area contributed by atoms with Gasteiger partial charge in [-0.05, 0) is 72.1 Å². The number of hydrogen-bond acceptors (Lipinski definition) is 4. The van der Waals surface area contributed by atoms with Gasteiger partial charge in [0.15, 0.2) is 0 Å². The molecular formula is C21H34N2O4S. The summed E-state index contributed by atoms with van der Waals surface area (Å²) in [6.07, 6.45) is 1.01. The van der Waals surface area contributed by atoms with Crippen LogP contribution in [0.15, 0.2) is 24.3 Å². The van der Waals surface area contributed by atoms with Crippen LogP contribution in [0.25, 0.3) is 0 Å². The molecule has 1 heterocycles. The van der Waals surface area contributed by atoms with E-state index in [4.69, 9.17) is 9.47 Å². The lowest BCUT2D eigenvalue weighted by Gasteiger charge is -2.43. The molecule has 1 amide bonds. The standard InChI is InChI=1S/C21H34N2O4S/c1-19(2,3)27-18(24)23-14-12-21(13-15-23,22-28(25)20(4,5)6)16-8-10-17(26-7)11-9-16/h8-11,22H,12-15H2,1-7H3. The van der Waals surface area contributed by atoms with Gasteiger partial charge in [-0.25, -0.2) is 13.7 Å². The summed E-state index contributed by atoms with van der Waals surface area (Å²) in [6.45, 7) is 12.5. The van der Waals surface area contributed by atoms with Gasteiger partial charge in [-0.1, -0.05) is 12.1 Å². The van der Waals surface area contributed by atoms with E-state index in [1.54, 1.807) is 12.0 Å². The van der Waals surface area contributed by atoms with Crippen molar-refractivity contribution < 1.29 is 18.5 Å². The Morgan fingerprint density at radius 1 is 1.07 bits per heavy atom. The van der Waals surface area contributed by atoms with Crippen LogP contribution in [-0.4, -0.2) is 45.7 Å². The lowest BCUT2D eigenvalue weighted by molar-refractivity contribution is 0.0158. The number of hydrogen-bond donors (Lipinski definition) is 1. The predicted octanol–water partition coefficient (Wildman–Crippen LogP) is 3.97. The fourth-order valence-electron chi connectivity index (χ4n) is 3.09. The van der Waals surface area contributed by atoms with Crippen LogP contribution in [0.2, 0.25) is 0 Å². The predicted molar refractivity (Wildman–Crippen MR) is 113 cm³/mol. The van der Waals surface area contributed by atoms with Gasteiger partial charge in [0.25, 0.3) is 0 Å². The second-order valence-electron chi connectivity index (χ2n) is 9.26. The Morgan fingerprint density at radius 2 is 1.61 bits per heavy atom. The van der Waals surface area contributed by atoms with Gasteiger partial charge in [0.05, 0.1) is 28.4 Å². The average Bonchev–Trinajstić information content (AvgIpc) is 2.60. The molecule has 1 aromatic carbocycles. The number of likely N-dealkylation sites (tertiary alicyclic amines) is 1. The highest BCUT2D eigenvalue weighted by molar-refractivity contribution is 7.84. The minimum Gasteiger partial charge on any atom is -0.497 e. The highest BCUT2D eigenvalue weighted by atomic mass is 32.2. The Bertz CT molecular complexity index is 697. The summed E-state index contributed by atoms with van der Waals surface area (Å²) in [6, 6.07) is 7.85. The van der Waals surface area contributed by atoms with E-state index in [1.165, 1.54) is 0 Å². The first-order chi connectivity index (χ1) is 12.9. The molecule has 7 heteroatoms. The summed E-state index contributed by atoms with van der Waals surface area (Å²) >= 11 is 0. The molecule has 2 rings (SSSR count). The van der Waals surface area contributed by atoms with E-state index in [2.05, 4.69) is 4.72 Å². The number of amides is 1. The average molecular weight is 411 g/mol. The Morgan fingerprint density at radius 3 is 2.04 bits per heavy atom. The van der Waals surface area contributed by atoms with E-state index in [0.29, 0.717) is 25.9 Å². The third-order valence-corrected chi connectivity index (χ3v) is 6.44. The molecule has 28 heavy (non-hydrogen) atoms. The Hall–Kier alpha value is -1.60. The summed E-state index contributed by atoms with van der Waals surface area (Å²) in [5.41, 5.74) is 0.0611. The van der Waals surface area contributed by atoms with Crippen LogP contribution >= 0.6 is 0 Å². The zero-order valence-electron chi connectivity index (χ0n) is 18.1. The van der Waals surface area contributed by atoms with Crippen molar-refractivity contribution in [3.8, 4) is 5.75 Å². The van der Waals surface area contributed by atoms with Gasteiger partial charge in [0.2, 0.25) is 0 Å². The molecule has 1 fully saturated rings. The zero-order chi connectivity index (χ0) is 21.2. The summed E-state index contributed by atoms with van der Waals surface area (Å²) in [4.78, 5) is 14.2. The van der Waals surface area contributed by atoms with Gasteiger partial charge in [0.1, 0.15) is 11.4 Å². The van der Waals surface area contributed by atoms with Gasteiger partial charge in [-0.15, -0.1) is 0 Å². The summed E-state index contributed by atoms with van der Waals surface area (Å²) in [5.74, 6) is 0.780. The van der Waals surface area contributed by atoms with Crippen LogP contribution in [0.4, 0.5) is 4.79 Å². The Balaban J connectivity index is 2.24. The molecule has 158 valence electrons. The molecule has 0 saturated carbocycles. The summed E-state index contributed by atoms with van der Waals surface area (Å²) in [7, 11) is 0.400. The molecule has 1 saturated heterocycles. The highest BCUT2D eigenvalue weighted by Gasteiger charge is 2.41. The Labute approximate surface area is 171 Å². The Kier molecular flexibility index (Phi) is 6.82. The van der Waals surface area contributed by atoms with Gasteiger partial charge >= 0.3 is 6.09 Å². The van der Waals surface area contributed by atoms with Crippen molar-refractivity contribution in [2.45, 2.75) is 70.3 Å². The number of nitrogens with one attached hydrogen (secondary N) is 1. The van der Waals surface area contributed by atoms with Crippen molar-refractivity contribution in [1.82, 2.24) is 9.62 Å². The van der Waals surface area contributed by atoms with Crippen molar-refractivity contribution in [2.75, 3.05) is 20.2 Å². The quantitative estimate of drug-likeness (QED) is 0.815. The third-order valence-electron chi connectivity index (χ3n) is 4.76. The van der Waals surface area contributed by atoms with Gasteiger partial charge in [-0.2, -0.15) is 0 Å². The third kappa shape index (κ3) is 5.70. The van der Waals surface area contributed by atoms with Crippen LogP contribution in [0.1, 0.15) is 59.9 Å². The molecule has 1 aromatic rings. The van der Waals surface area contributed by atoms with Crippen molar-refractivity contribution in [3.63, 3.8) is 0 Å². The fraction of sp³-hybridized carbons (Fsp3) is 0.667. The van der Waals surface area contributed by atoms with Crippen molar-refractivity contribution in [1.29, 1.82) is 0 Å². The van der Waals surface area contributed by atoms with Crippen molar-refractivity contribution in [2.24, 2.45) is 0 Å². The topological polar surface area (TPSA) is 67.9 Å². The van der Waals surface area contributed by atoms with Crippen LogP contribution in [0, 0.1) is 0 Å². The molecule has 0 radical (unpaired) electrons. The molecule has 1 N–H and O–H groups in total. The minimum absolute atomic E-state index is 0.298.